The first kappa shape index (κ1) is 18.1. The molecule has 7 heteroatoms. The molecular weight excluding hydrogens is 352 g/mol. The third kappa shape index (κ3) is 3.22. The van der Waals surface area contributed by atoms with E-state index in [1.165, 1.54) is 12.1 Å². The lowest BCUT2D eigenvalue weighted by atomic mass is 10.1. The summed E-state index contributed by atoms with van der Waals surface area (Å²) >= 11 is 0. The number of carbonyl (C=O) groups is 2. The number of fused-ring (bicyclic) bond motifs is 1. The highest BCUT2D eigenvalue weighted by Gasteiger charge is 2.41. The van der Waals surface area contributed by atoms with Gasteiger partial charge in [0.25, 0.3) is 0 Å². The third-order valence-electron chi connectivity index (χ3n) is 4.49. The molecule has 0 aliphatic carbocycles. The Morgan fingerprint density at radius 2 is 1.88 bits per heavy atom. The minimum absolute atomic E-state index is 0.0440. The van der Waals surface area contributed by atoms with Gasteiger partial charge < -0.3 is 10.6 Å². The minimum atomic E-state index is -3.92. The van der Waals surface area contributed by atoms with Crippen LogP contribution in [-0.4, -0.2) is 25.5 Å². The molecular formula is C19H20N2O4S. The van der Waals surface area contributed by atoms with E-state index in [2.05, 4.69) is 10.6 Å². The van der Waals surface area contributed by atoms with Crippen LogP contribution in [0.1, 0.15) is 24.5 Å². The largest absolute Gasteiger partial charge is 0.326 e. The predicted molar refractivity (Wildman–Crippen MR) is 99.8 cm³/mol. The van der Waals surface area contributed by atoms with Crippen LogP contribution in [-0.2, 0) is 25.8 Å². The Bertz CT molecular complexity index is 983. The molecule has 1 atom stereocenters. The third-order valence-corrected chi connectivity index (χ3v) is 6.59. The van der Waals surface area contributed by atoms with Crippen molar-refractivity contribution in [3.63, 3.8) is 0 Å². The van der Waals surface area contributed by atoms with E-state index in [-0.39, 0.29) is 10.6 Å². The van der Waals surface area contributed by atoms with Gasteiger partial charge in [-0.1, -0.05) is 37.3 Å². The zero-order valence-corrected chi connectivity index (χ0v) is 15.4. The van der Waals surface area contributed by atoms with E-state index in [1.54, 1.807) is 12.1 Å². The maximum Gasteiger partial charge on any atom is 0.243 e. The quantitative estimate of drug-likeness (QED) is 0.863. The van der Waals surface area contributed by atoms with Crippen molar-refractivity contribution in [2.24, 2.45) is 0 Å². The van der Waals surface area contributed by atoms with Crippen LogP contribution in [0.25, 0.3) is 0 Å². The fourth-order valence-electron chi connectivity index (χ4n) is 3.09. The van der Waals surface area contributed by atoms with Gasteiger partial charge in [-0.2, -0.15) is 0 Å². The number of amides is 2. The average molecular weight is 372 g/mol. The normalized spacial score (nSPS) is 17.9. The van der Waals surface area contributed by atoms with Gasteiger partial charge in [0.1, 0.15) is 0 Å². The number of aryl methyl sites for hydroxylation is 2. The zero-order valence-electron chi connectivity index (χ0n) is 14.6. The molecule has 3 rings (SSSR count). The minimum Gasteiger partial charge on any atom is -0.326 e. The fraction of sp³-hybridized carbons (Fsp3) is 0.263. The molecule has 2 aromatic rings. The summed E-state index contributed by atoms with van der Waals surface area (Å²) in [6.07, 6.45) is 0.298. The van der Waals surface area contributed by atoms with E-state index in [4.69, 9.17) is 0 Å². The summed E-state index contributed by atoms with van der Waals surface area (Å²) in [5, 5.41) is 3.91. The van der Waals surface area contributed by atoms with Crippen LogP contribution in [0.2, 0.25) is 0 Å². The van der Waals surface area contributed by atoms with Crippen LogP contribution in [0.4, 0.5) is 11.4 Å². The van der Waals surface area contributed by atoms with Crippen molar-refractivity contribution < 1.29 is 18.0 Å². The van der Waals surface area contributed by atoms with Crippen LogP contribution < -0.4 is 10.6 Å². The van der Waals surface area contributed by atoms with Crippen molar-refractivity contribution in [1.29, 1.82) is 0 Å². The number of para-hydroxylation sites is 2. The molecule has 1 aliphatic rings. The second-order valence-electron chi connectivity index (χ2n) is 6.23. The van der Waals surface area contributed by atoms with E-state index >= 15 is 0 Å². The lowest BCUT2D eigenvalue weighted by Crippen LogP contribution is -2.42. The van der Waals surface area contributed by atoms with E-state index in [0.29, 0.717) is 5.69 Å². The molecule has 0 saturated heterocycles. The molecule has 26 heavy (non-hydrogen) atoms. The second kappa shape index (κ2) is 6.92. The molecule has 0 spiro atoms. The average Bonchev–Trinajstić information content (AvgIpc) is 2.60. The number of hydrogen-bond donors (Lipinski definition) is 2. The number of anilines is 2. The Morgan fingerprint density at radius 1 is 1.15 bits per heavy atom. The van der Waals surface area contributed by atoms with Crippen molar-refractivity contribution >= 4 is 33.0 Å². The Morgan fingerprint density at radius 3 is 2.62 bits per heavy atom. The zero-order chi connectivity index (χ0) is 18.9. The Kier molecular flexibility index (Phi) is 4.82. The van der Waals surface area contributed by atoms with Crippen LogP contribution in [0, 0.1) is 6.92 Å². The van der Waals surface area contributed by atoms with Gasteiger partial charge in [0.05, 0.1) is 17.0 Å². The molecule has 0 bridgehead atoms. The smallest absolute Gasteiger partial charge is 0.243 e. The first-order valence-corrected chi connectivity index (χ1v) is 9.91. The highest BCUT2D eigenvalue weighted by Crippen LogP contribution is 2.31. The van der Waals surface area contributed by atoms with Crippen LogP contribution in [0.3, 0.4) is 0 Å². The highest BCUT2D eigenvalue weighted by atomic mass is 32.2. The fourth-order valence-corrected chi connectivity index (χ4v) is 4.80. The maximum atomic E-state index is 12.8. The molecule has 0 fully saturated rings. The van der Waals surface area contributed by atoms with Crippen LogP contribution in [0.5, 0.6) is 0 Å². The van der Waals surface area contributed by atoms with Crippen molar-refractivity contribution in [2.75, 3.05) is 10.6 Å². The molecule has 0 saturated carbocycles. The van der Waals surface area contributed by atoms with Gasteiger partial charge >= 0.3 is 0 Å². The molecule has 1 heterocycles. The number of benzene rings is 2. The molecule has 136 valence electrons. The highest BCUT2D eigenvalue weighted by molar-refractivity contribution is 7.93. The summed E-state index contributed by atoms with van der Waals surface area (Å²) < 4.78 is 25.5. The van der Waals surface area contributed by atoms with Gasteiger partial charge in [-0.3, -0.25) is 9.59 Å². The molecule has 0 unspecified atom stereocenters. The van der Waals surface area contributed by atoms with Crippen molar-refractivity contribution in [3.8, 4) is 0 Å². The van der Waals surface area contributed by atoms with Gasteiger partial charge in [0.2, 0.25) is 11.8 Å². The molecule has 1 aliphatic heterocycles. The Labute approximate surface area is 152 Å². The number of hydrogen-bond acceptors (Lipinski definition) is 4. The van der Waals surface area contributed by atoms with E-state index < -0.39 is 33.3 Å². The van der Waals surface area contributed by atoms with Gasteiger partial charge in [-0.25, -0.2) is 8.42 Å². The van der Waals surface area contributed by atoms with Crippen LogP contribution >= 0.6 is 0 Å². The molecule has 2 N–H and O–H groups in total. The van der Waals surface area contributed by atoms with Crippen molar-refractivity contribution in [3.05, 3.63) is 53.6 Å². The summed E-state index contributed by atoms with van der Waals surface area (Å²) in [6, 6.07) is 11.9. The summed E-state index contributed by atoms with van der Waals surface area (Å²) in [6.45, 7) is 3.84. The van der Waals surface area contributed by atoms with Gasteiger partial charge in [0.15, 0.2) is 15.1 Å². The lowest BCUT2D eigenvalue weighted by molar-refractivity contribution is -0.121. The Balaban J connectivity index is 1.85. The summed E-state index contributed by atoms with van der Waals surface area (Å²) in [5.74, 6) is -1.18. The van der Waals surface area contributed by atoms with Crippen LogP contribution in [0.15, 0.2) is 47.4 Å². The van der Waals surface area contributed by atoms with E-state index in [9.17, 15) is 18.0 Å². The number of nitrogens with one attached hydrogen (secondary N) is 2. The van der Waals surface area contributed by atoms with E-state index in [1.807, 2.05) is 32.0 Å². The maximum absolute atomic E-state index is 12.8. The standard InChI is InChI=1S/C19H20N2O4S/c1-3-13-8-6-7-12(2)18(13)21-17(22)11-16-19(23)20-14-9-4-5-10-15(14)26(16,24)25/h4-10,16H,3,11H2,1-2H3,(H,20,23)(H,21,22)/t16-/m1/s1. The predicted octanol–water partition coefficient (Wildman–Crippen LogP) is 2.68. The first-order valence-electron chi connectivity index (χ1n) is 8.36. The molecule has 0 radical (unpaired) electrons. The number of rotatable bonds is 4. The monoisotopic (exact) mass is 372 g/mol. The molecule has 6 nitrogen and oxygen atoms in total. The number of carbonyl (C=O) groups excluding carboxylic acids is 2. The summed E-state index contributed by atoms with van der Waals surface area (Å²) in [7, 11) is -3.92. The number of sulfone groups is 1. The van der Waals surface area contributed by atoms with E-state index in [0.717, 1.165) is 17.5 Å². The lowest BCUT2D eigenvalue weighted by Gasteiger charge is -2.24. The van der Waals surface area contributed by atoms with Crippen molar-refractivity contribution in [1.82, 2.24) is 0 Å². The van der Waals surface area contributed by atoms with Crippen molar-refractivity contribution in [2.45, 2.75) is 36.8 Å². The molecule has 2 aromatic carbocycles. The summed E-state index contributed by atoms with van der Waals surface area (Å²) in [5.41, 5.74) is 2.77. The topological polar surface area (TPSA) is 92.3 Å². The Hall–Kier alpha value is -2.67. The van der Waals surface area contributed by atoms with Gasteiger partial charge in [-0.05, 0) is 36.6 Å². The second-order valence-corrected chi connectivity index (χ2v) is 8.33. The van der Waals surface area contributed by atoms with Gasteiger partial charge in [-0.15, -0.1) is 0 Å². The summed E-state index contributed by atoms with van der Waals surface area (Å²) in [4.78, 5) is 24.8. The molecule has 2 amide bonds. The first-order chi connectivity index (χ1) is 12.3. The molecule has 0 aromatic heterocycles. The van der Waals surface area contributed by atoms with Gasteiger partial charge in [0, 0.05) is 5.69 Å². The SMILES string of the molecule is CCc1cccc(C)c1NC(=O)C[C@@H]1C(=O)Nc2ccccc2S1(=O)=O.